The average molecular weight is 560 g/mol. The molecule has 0 spiro atoms. The van der Waals surface area contributed by atoms with Gasteiger partial charge >= 0.3 is 0 Å². The molecule has 0 unspecified atom stereocenters. The van der Waals surface area contributed by atoms with E-state index in [0.29, 0.717) is 30.2 Å². The third-order valence-electron chi connectivity index (χ3n) is 6.94. The van der Waals surface area contributed by atoms with Gasteiger partial charge < -0.3 is 19.7 Å². The highest BCUT2D eigenvalue weighted by atomic mass is 32.2. The van der Waals surface area contributed by atoms with Crippen molar-refractivity contribution >= 4 is 27.5 Å². The number of rotatable bonds is 14. The zero-order valence-electron chi connectivity index (χ0n) is 23.4. The van der Waals surface area contributed by atoms with Crippen LogP contribution in [-0.4, -0.2) is 63.7 Å². The second-order valence-corrected chi connectivity index (χ2v) is 11.8. The molecule has 3 rings (SSSR count). The number of carbonyl (C=O) groups is 2. The minimum atomic E-state index is -3.57. The summed E-state index contributed by atoms with van der Waals surface area (Å²) in [5.74, 6) is 0.933. The molecule has 9 nitrogen and oxygen atoms in total. The van der Waals surface area contributed by atoms with Crippen LogP contribution >= 0.6 is 0 Å². The van der Waals surface area contributed by atoms with Crippen molar-refractivity contribution in [1.82, 2.24) is 10.2 Å². The zero-order chi connectivity index (χ0) is 28.4. The number of benzene rings is 2. The molecule has 0 bridgehead atoms. The van der Waals surface area contributed by atoms with E-state index >= 15 is 0 Å². The molecule has 1 fully saturated rings. The van der Waals surface area contributed by atoms with Crippen LogP contribution in [0.2, 0.25) is 0 Å². The van der Waals surface area contributed by atoms with E-state index in [1.807, 2.05) is 31.2 Å². The van der Waals surface area contributed by atoms with Gasteiger partial charge in [-0.25, -0.2) is 8.42 Å². The van der Waals surface area contributed by atoms with Crippen molar-refractivity contribution in [3.05, 3.63) is 54.1 Å². The standard InChI is InChI=1S/C29H41N3O6S/c1-5-38-26-17-15-25(16-18-26)32(39(4,35)36)19-9-14-28(33)31(21-23-10-8-13-27(20-23)37-3)22(2)29(34)30-24-11-6-7-12-24/h8,10,13,15-18,20,22,24H,5-7,9,11-12,14,19,21H2,1-4H3,(H,30,34)/t22-/m1/s1. The van der Waals surface area contributed by atoms with E-state index < -0.39 is 16.1 Å². The Morgan fingerprint density at radius 3 is 2.38 bits per heavy atom. The summed E-state index contributed by atoms with van der Waals surface area (Å²) in [6, 6.07) is 13.7. The fourth-order valence-corrected chi connectivity index (χ4v) is 5.79. The first-order valence-electron chi connectivity index (χ1n) is 13.6. The summed E-state index contributed by atoms with van der Waals surface area (Å²) < 4.78 is 37.2. The highest BCUT2D eigenvalue weighted by Gasteiger charge is 2.29. The lowest BCUT2D eigenvalue weighted by Crippen LogP contribution is -2.49. The number of carbonyl (C=O) groups excluding carboxylic acids is 2. The van der Waals surface area contributed by atoms with Crippen molar-refractivity contribution in [1.29, 1.82) is 0 Å². The molecule has 0 heterocycles. The molecule has 0 saturated heterocycles. The predicted octanol–water partition coefficient (Wildman–Crippen LogP) is 4.12. The molecule has 1 saturated carbocycles. The molecule has 0 aliphatic heterocycles. The largest absolute Gasteiger partial charge is 0.497 e. The SMILES string of the molecule is CCOc1ccc(N(CCCC(=O)N(Cc2cccc(OC)c2)[C@H](C)C(=O)NC2CCCC2)S(C)(=O)=O)cc1. The number of amides is 2. The fraction of sp³-hybridized carbons (Fsp3) is 0.517. The Balaban J connectivity index is 1.72. The fourth-order valence-electron chi connectivity index (χ4n) is 4.82. The molecule has 214 valence electrons. The highest BCUT2D eigenvalue weighted by Crippen LogP contribution is 2.23. The quantitative estimate of drug-likeness (QED) is 0.373. The molecule has 39 heavy (non-hydrogen) atoms. The molecule has 1 N–H and O–H groups in total. The summed E-state index contributed by atoms with van der Waals surface area (Å²) in [7, 11) is -1.99. The van der Waals surface area contributed by atoms with Gasteiger partial charge in [-0.15, -0.1) is 0 Å². The Morgan fingerprint density at radius 1 is 1.08 bits per heavy atom. The van der Waals surface area contributed by atoms with Gasteiger partial charge in [0.1, 0.15) is 17.5 Å². The first-order valence-corrected chi connectivity index (χ1v) is 15.4. The van der Waals surface area contributed by atoms with Crippen LogP contribution in [0.5, 0.6) is 11.5 Å². The van der Waals surface area contributed by atoms with Crippen molar-refractivity contribution < 1.29 is 27.5 Å². The van der Waals surface area contributed by atoms with Crippen LogP contribution in [0.25, 0.3) is 0 Å². The Hall–Kier alpha value is -3.27. The van der Waals surface area contributed by atoms with Gasteiger partial charge in [-0.05, 0) is 75.1 Å². The molecular formula is C29H41N3O6S. The van der Waals surface area contributed by atoms with Gasteiger partial charge in [0.25, 0.3) is 0 Å². The van der Waals surface area contributed by atoms with Gasteiger partial charge in [-0.3, -0.25) is 13.9 Å². The molecule has 2 aromatic rings. The first-order chi connectivity index (χ1) is 18.6. The molecule has 2 amide bonds. The second kappa shape index (κ2) is 14.2. The summed E-state index contributed by atoms with van der Waals surface area (Å²) in [6.07, 6.45) is 5.63. The topological polar surface area (TPSA) is 105 Å². The lowest BCUT2D eigenvalue weighted by molar-refractivity contribution is -0.141. The van der Waals surface area contributed by atoms with Crippen LogP contribution in [-0.2, 0) is 26.2 Å². The van der Waals surface area contributed by atoms with E-state index in [1.54, 1.807) is 43.2 Å². The molecule has 1 aliphatic carbocycles. The summed E-state index contributed by atoms with van der Waals surface area (Å²) in [5, 5.41) is 3.10. The van der Waals surface area contributed by atoms with Crippen LogP contribution < -0.4 is 19.1 Å². The number of nitrogens with zero attached hydrogens (tertiary/aromatic N) is 2. The van der Waals surface area contributed by atoms with E-state index in [0.717, 1.165) is 37.5 Å². The number of methoxy groups -OCH3 is 1. The maximum atomic E-state index is 13.5. The predicted molar refractivity (Wildman–Crippen MR) is 152 cm³/mol. The Bertz CT molecular complexity index is 1200. The van der Waals surface area contributed by atoms with Gasteiger partial charge in [0.05, 0.1) is 25.7 Å². The van der Waals surface area contributed by atoms with Crippen molar-refractivity contribution in [3.63, 3.8) is 0 Å². The van der Waals surface area contributed by atoms with Crippen LogP contribution in [0, 0.1) is 0 Å². The molecule has 1 aliphatic rings. The number of hydrogen-bond donors (Lipinski definition) is 1. The Kier molecular flexibility index (Phi) is 11.0. The third-order valence-corrected chi connectivity index (χ3v) is 8.14. The van der Waals surface area contributed by atoms with Crippen molar-refractivity contribution in [3.8, 4) is 11.5 Å². The van der Waals surface area contributed by atoms with Crippen molar-refractivity contribution in [2.24, 2.45) is 0 Å². The molecule has 1 atom stereocenters. The molecule has 10 heteroatoms. The molecular weight excluding hydrogens is 518 g/mol. The van der Waals surface area contributed by atoms with Gasteiger partial charge in [0, 0.05) is 25.6 Å². The van der Waals surface area contributed by atoms with E-state index in [2.05, 4.69) is 5.32 Å². The second-order valence-electron chi connectivity index (χ2n) is 9.90. The third kappa shape index (κ3) is 8.88. The lowest BCUT2D eigenvalue weighted by Gasteiger charge is -2.30. The Morgan fingerprint density at radius 2 is 1.77 bits per heavy atom. The minimum Gasteiger partial charge on any atom is -0.497 e. The first kappa shape index (κ1) is 30.3. The summed E-state index contributed by atoms with van der Waals surface area (Å²) >= 11 is 0. The average Bonchev–Trinajstić information content (AvgIpc) is 3.42. The maximum Gasteiger partial charge on any atom is 0.242 e. The van der Waals surface area contributed by atoms with Gasteiger partial charge in [-0.1, -0.05) is 25.0 Å². The smallest absolute Gasteiger partial charge is 0.242 e. The van der Waals surface area contributed by atoms with Crippen LogP contribution in [0.3, 0.4) is 0 Å². The summed E-state index contributed by atoms with van der Waals surface area (Å²) in [6.45, 7) is 4.51. The van der Waals surface area contributed by atoms with Crippen LogP contribution in [0.15, 0.2) is 48.5 Å². The summed E-state index contributed by atoms with van der Waals surface area (Å²) in [4.78, 5) is 28.2. The maximum absolute atomic E-state index is 13.5. The van der Waals surface area contributed by atoms with Gasteiger partial charge in [0.2, 0.25) is 21.8 Å². The number of nitrogens with one attached hydrogen (secondary N) is 1. The summed E-state index contributed by atoms with van der Waals surface area (Å²) in [5.41, 5.74) is 1.35. The number of anilines is 1. The van der Waals surface area contributed by atoms with Crippen LogP contribution in [0.1, 0.15) is 57.9 Å². The Labute approximate surface area is 232 Å². The van der Waals surface area contributed by atoms with Crippen LogP contribution in [0.4, 0.5) is 5.69 Å². The number of sulfonamides is 1. The molecule has 0 radical (unpaired) electrons. The van der Waals surface area contributed by atoms with E-state index in [9.17, 15) is 18.0 Å². The lowest BCUT2D eigenvalue weighted by atomic mass is 10.1. The molecule has 2 aromatic carbocycles. The highest BCUT2D eigenvalue weighted by molar-refractivity contribution is 7.92. The van der Waals surface area contributed by atoms with E-state index in [4.69, 9.17) is 9.47 Å². The van der Waals surface area contributed by atoms with Gasteiger partial charge in [-0.2, -0.15) is 0 Å². The van der Waals surface area contributed by atoms with Crippen molar-refractivity contribution in [2.75, 3.05) is 30.8 Å². The normalized spacial score (nSPS) is 14.5. The van der Waals surface area contributed by atoms with E-state index in [-0.39, 0.29) is 37.4 Å². The number of ether oxygens (including phenoxy) is 2. The number of hydrogen-bond acceptors (Lipinski definition) is 6. The molecule has 0 aromatic heterocycles. The monoisotopic (exact) mass is 559 g/mol. The minimum absolute atomic E-state index is 0.0913. The van der Waals surface area contributed by atoms with E-state index in [1.165, 1.54) is 4.31 Å². The van der Waals surface area contributed by atoms with Gasteiger partial charge in [0.15, 0.2) is 0 Å². The van der Waals surface area contributed by atoms with Crippen molar-refractivity contribution in [2.45, 2.75) is 71.0 Å². The zero-order valence-corrected chi connectivity index (χ0v) is 24.2.